The summed E-state index contributed by atoms with van der Waals surface area (Å²) in [6.07, 6.45) is -0.370. The zero-order valence-electron chi connectivity index (χ0n) is 8.49. The smallest absolute Gasteiger partial charge is 0.323 e. The van der Waals surface area contributed by atoms with Gasteiger partial charge < -0.3 is 10.0 Å². The number of aliphatic carboxylic acids is 1. The van der Waals surface area contributed by atoms with Crippen molar-refractivity contribution < 1.29 is 19.1 Å². The summed E-state index contributed by atoms with van der Waals surface area (Å²) < 4.78 is 13.0. The van der Waals surface area contributed by atoms with Gasteiger partial charge >= 0.3 is 5.97 Å². The van der Waals surface area contributed by atoms with Gasteiger partial charge in [0.25, 0.3) is 0 Å². The largest absolute Gasteiger partial charge is 0.480 e. The first-order valence-electron chi connectivity index (χ1n) is 4.57. The lowest BCUT2D eigenvalue weighted by Crippen LogP contribution is -2.33. The molecule has 0 saturated carbocycles. The summed E-state index contributed by atoms with van der Waals surface area (Å²) in [7, 11) is 1.36. The van der Waals surface area contributed by atoms with Gasteiger partial charge in [0.15, 0.2) is 0 Å². The second kappa shape index (κ2) is 6.34. The van der Waals surface area contributed by atoms with Crippen LogP contribution in [0.4, 0.5) is 4.39 Å². The second-order valence-corrected chi connectivity index (χ2v) is 3.23. The van der Waals surface area contributed by atoms with Crippen molar-refractivity contribution in [3.05, 3.63) is 0 Å². The molecule has 1 N–H and O–H groups in total. The SMILES string of the molecule is CCCC(F)CC(=O)N(C)CC(=O)O. The van der Waals surface area contributed by atoms with Gasteiger partial charge in [-0.05, 0) is 6.42 Å². The zero-order valence-corrected chi connectivity index (χ0v) is 8.49. The topological polar surface area (TPSA) is 57.6 Å². The van der Waals surface area contributed by atoms with Crippen molar-refractivity contribution in [3.8, 4) is 0 Å². The van der Waals surface area contributed by atoms with Crippen LogP contribution < -0.4 is 0 Å². The lowest BCUT2D eigenvalue weighted by molar-refractivity contribution is -0.143. The third kappa shape index (κ3) is 5.50. The minimum atomic E-state index is -1.16. The van der Waals surface area contributed by atoms with E-state index in [-0.39, 0.29) is 13.0 Å². The van der Waals surface area contributed by atoms with Crippen LogP contribution in [0.1, 0.15) is 26.2 Å². The fourth-order valence-corrected chi connectivity index (χ4v) is 1.05. The normalized spacial score (nSPS) is 12.2. The van der Waals surface area contributed by atoms with E-state index in [4.69, 9.17) is 5.11 Å². The monoisotopic (exact) mass is 205 g/mol. The molecule has 0 spiro atoms. The van der Waals surface area contributed by atoms with Crippen molar-refractivity contribution in [1.82, 2.24) is 4.90 Å². The van der Waals surface area contributed by atoms with Crippen LogP contribution in [0, 0.1) is 0 Å². The molecule has 0 heterocycles. The molecule has 0 aliphatic carbocycles. The minimum absolute atomic E-state index is 0.225. The Morgan fingerprint density at radius 2 is 2.07 bits per heavy atom. The van der Waals surface area contributed by atoms with Crippen molar-refractivity contribution in [1.29, 1.82) is 0 Å². The minimum Gasteiger partial charge on any atom is -0.480 e. The molecule has 14 heavy (non-hydrogen) atoms. The molecule has 0 radical (unpaired) electrons. The number of amides is 1. The predicted molar refractivity (Wildman–Crippen MR) is 49.7 cm³/mol. The highest BCUT2D eigenvalue weighted by Crippen LogP contribution is 2.07. The van der Waals surface area contributed by atoms with E-state index in [1.807, 2.05) is 6.92 Å². The Labute approximate surface area is 82.7 Å². The lowest BCUT2D eigenvalue weighted by atomic mass is 10.1. The molecule has 1 unspecified atom stereocenters. The van der Waals surface area contributed by atoms with Crippen LogP contribution in [0.2, 0.25) is 0 Å². The second-order valence-electron chi connectivity index (χ2n) is 3.23. The van der Waals surface area contributed by atoms with Crippen molar-refractivity contribution in [3.63, 3.8) is 0 Å². The first-order chi connectivity index (χ1) is 6.47. The molecule has 0 aliphatic heterocycles. The van der Waals surface area contributed by atoms with E-state index in [0.717, 1.165) is 4.90 Å². The summed E-state index contributed by atoms with van der Waals surface area (Å²) in [5.41, 5.74) is 0. The number of alkyl halides is 1. The third-order valence-corrected chi connectivity index (χ3v) is 1.80. The Balaban J connectivity index is 3.88. The van der Waals surface area contributed by atoms with Gasteiger partial charge in [-0.1, -0.05) is 13.3 Å². The van der Waals surface area contributed by atoms with Gasteiger partial charge in [0, 0.05) is 7.05 Å². The molecule has 0 fully saturated rings. The number of carboxylic acid groups (broad SMARTS) is 1. The van der Waals surface area contributed by atoms with E-state index in [2.05, 4.69) is 0 Å². The predicted octanol–water partition coefficient (Wildman–Crippen LogP) is 1.06. The number of hydrogen-bond acceptors (Lipinski definition) is 2. The van der Waals surface area contributed by atoms with Crippen LogP contribution in [0.3, 0.4) is 0 Å². The van der Waals surface area contributed by atoms with Gasteiger partial charge in [0.2, 0.25) is 5.91 Å². The quantitative estimate of drug-likeness (QED) is 0.705. The average Bonchev–Trinajstić information content (AvgIpc) is 2.02. The highest BCUT2D eigenvalue weighted by Gasteiger charge is 2.16. The average molecular weight is 205 g/mol. The summed E-state index contributed by atoms with van der Waals surface area (Å²) in [6.45, 7) is 1.45. The molecule has 82 valence electrons. The molecule has 5 heteroatoms. The first-order valence-corrected chi connectivity index (χ1v) is 4.57. The van der Waals surface area contributed by atoms with Crippen molar-refractivity contribution in [2.45, 2.75) is 32.4 Å². The number of carbonyl (C=O) groups is 2. The van der Waals surface area contributed by atoms with Crippen molar-refractivity contribution >= 4 is 11.9 Å². The zero-order chi connectivity index (χ0) is 11.1. The summed E-state index contributed by atoms with van der Waals surface area (Å²) in [6, 6.07) is 0. The van der Waals surface area contributed by atoms with Gasteiger partial charge in [-0.25, -0.2) is 4.39 Å². The van der Waals surface area contributed by atoms with Gasteiger partial charge in [-0.15, -0.1) is 0 Å². The molecule has 0 aromatic carbocycles. The van der Waals surface area contributed by atoms with Crippen LogP contribution >= 0.6 is 0 Å². The van der Waals surface area contributed by atoms with E-state index >= 15 is 0 Å². The molecular formula is C9H16FNO3. The molecule has 0 saturated heterocycles. The van der Waals surface area contributed by atoms with Crippen LogP contribution in [0.25, 0.3) is 0 Å². The molecule has 0 aliphatic rings. The van der Waals surface area contributed by atoms with Gasteiger partial charge in [0.05, 0.1) is 6.42 Å². The van der Waals surface area contributed by atoms with Crippen LogP contribution in [-0.4, -0.2) is 41.6 Å². The molecule has 0 aromatic heterocycles. The Morgan fingerprint density at radius 1 is 1.50 bits per heavy atom. The van der Waals surface area contributed by atoms with Gasteiger partial charge in [-0.3, -0.25) is 9.59 Å². The molecule has 0 bridgehead atoms. The van der Waals surface area contributed by atoms with Gasteiger partial charge in [-0.2, -0.15) is 0 Å². The summed E-state index contributed by atoms with van der Waals surface area (Å²) in [5.74, 6) is -1.56. The van der Waals surface area contributed by atoms with E-state index in [9.17, 15) is 14.0 Å². The number of carbonyl (C=O) groups excluding carboxylic acids is 1. The van der Waals surface area contributed by atoms with E-state index < -0.39 is 18.0 Å². The Kier molecular flexibility index (Phi) is 5.83. The lowest BCUT2D eigenvalue weighted by Gasteiger charge is -2.15. The molecule has 1 atom stereocenters. The highest BCUT2D eigenvalue weighted by molar-refractivity contribution is 5.81. The summed E-state index contributed by atoms with van der Waals surface area (Å²) in [5, 5.41) is 8.38. The van der Waals surface area contributed by atoms with Crippen LogP contribution in [0.15, 0.2) is 0 Å². The van der Waals surface area contributed by atoms with Crippen LogP contribution in [0.5, 0.6) is 0 Å². The van der Waals surface area contributed by atoms with Crippen molar-refractivity contribution in [2.24, 2.45) is 0 Å². The maximum atomic E-state index is 13.0. The number of carboxylic acids is 1. The molecule has 4 nitrogen and oxygen atoms in total. The Hall–Kier alpha value is -1.13. The van der Waals surface area contributed by atoms with Crippen molar-refractivity contribution in [2.75, 3.05) is 13.6 Å². The maximum Gasteiger partial charge on any atom is 0.323 e. The highest BCUT2D eigenvalue weighted by atomic mass is 19.1. The molecular weight excluding hydrogens is 189 g/mol. The number of hydrogen-bond donors (Lipinski definition) is 1. The van der Waals surface area contributed by atoms with E-state index in [1.54, 1.807) is 0 Å². The van der Waals surface area contributed by atoms with E-state index in [0.29, 0.717) is 12.8 Å². The van der Waals surface area contributed by atoms with Gasteiger partial charge in [0.1, 0.15) is 12.7 Å². The summed E-state index contributed by atoms with van der Waals surface area (Å²) >= 11 is 0. The maximum absolute atomic E-state index is 13.0. The fourth-order valence-electron chi connectivity index (χ4n) is 1.05. The Bertz CT molecular complexity index is 208. The molecule has 1 amide bonds. The first kappa shape index (κ1) is 12.9. The number of likely N-dealkylation sites (N-methyl/N-ethyl adjacent to an activating group) is 1. The van der Waals surface area contributed by atoms with Crippen LogP contribution in [-0.2, 0) is 9.59 Å². The number of rotatable bonds is 6. The standard InChI is InChI=1S/C9H16FNO3/c1-3-4-7(10)5-8(12)11(2)6-9(13)14/h7H,3-6H2,1-2H3,(H,13,14). The Morgan fingerprint density at radius 3 is 2.50 bits per heavy atom. The number of nitrogens with zero attached hydrogens (tertiary/aromatic N) is 1. The molecule has 0 rings (SSSR count). The fraction of sp³-hybridized carbons (Fsp3) is 0.778. The summed E-state index contributed by atoms with van der Waals surface area (Å²) in [4.78, 5) is 22.4. The number of halogens is 1. The third-order valence-electron chi connectivity index (χ3n) is 1.80. The molecule has 0 aromatic rings. The van der Waals surface area contributed by atoms with E-state index in [1.165, 1.54) is 7.05 Å².